The van der Waals surface area contributed by atoms with Crippen molar-refractivity contribution in [2.75, 3.05) is 25.2 Å². The Kier molecular flexibility index (Phi) is 5.14. The van der Waals surface area contributed by atoms with Gasteiger partial charge < -0.3 is 10.1 Å². The summed E-state index contributed by atoms with van der Waals surface area (Å²) in [5.74, 6) is -0.340. The molecular weight excluding hydrogens is 316 g/mol. The number of hydrogen-bond donors (Lipinski definition) is 1. The lowest BCUT2D eigenvalue weighted by Crippen LogP contribution is -2.40. The Balaban J connectivity index is 1.99. The Bertz CT molecular complexity index is 788. The van der Waals surface area contributed by atoms with Crippen molar-refractivity contribution in [3.8, 4) is 0 Å². The molecule has 25 heavy (non-hydrogen) atoms. The number of fused-ring (bicyclic) bond motifs is 1. The van der Waals surface area contributed by atoms with Crippen LogP contribution >= 0.6 is 0 Å². The van der Waals surface area contributed by atoms with Crippen LogP contribution in [0.5, 0.6) is 0 Å². The lowest BCUT2D eigenvalue weighted by atomic mass is 10.0. The number of benzene rings is 2. The number of amides is 2. The van der Waals surface area contributed by atoms with Crippen molar-refractivity contribution in [3.05, 3.63) is 65.2 Å². The fourth-order valence-electron chi connectivity index (χ4n) is 3.14. The normalized spacial score (nSPS) is 16.0. The van der Waals surface area contributed by atoms with Crippen LogP contribution < -0.4 is 10.2 Å². The smallest absolute Gasteiger partial charge is 0.259 e. The lowest BCUT2D eigenvalue weighted by molar-refractivity contribution is -0.122. The molecule has 1 aliphatic rings. The van der Waals surface area contributed by atoms with Crippen LogP contribution in [0, 0.1) is 0 Å². The average molecular weight is 338 g/mol. The molecule has 3 rings (SSSR count). The van der Waals surface area contributed by atoms with Gasteiger partial charge in [-0.25, -0.2) is 0 Å². The van der Waals surface area contributed by atoms with Crippen molar-refractivity contribution in [1.29, 1.82) is 0 Å². The second-order valence-electron chi connectivity index (χ2n) is 5.97. The average Bonchev–Trinajstić information content (AvgIpc) is 2.95. The lowest BCUT2D eigenvalue weighted by Gasteiger charge is -2.25. The van der Waals surface area contributed by atoms with Crippen molar-refractivity contribution in [2.24, 2.45) is 0 Å². The van der Waals surface area contributed by atoms with Gasteiger partial charge in [-0.1, -0.05) is 37.3 Å². The zero-order valence-electron chi connectivity index (χ0n) is 14.5. The summed E-state index contributed by atoms with van der Waals surface area (Å²) < 4.78 is 4.99. The molecule has 0 fully saturated rings. The van der Waals surface area contributed by atoms with Gasteiger partial charge in [0.25, 0.3) is 5.91 Å². The molecule has 1 heterocycles. The minimum Gasteiger partial charge on any atom is -0.383 e. The highest BCUT2D eigenvalue weighted by Crippen LogP contribution is 2.37. The highest BCUT2D eigenvalue weighted by Gasteiger charge is 2.41. The summed E-state index contributed by atoms with van der Waals surface area (Å²) in [6.07, 6.45) is 0.869. The van der Waals surface area contributed by atoms with Crippen LogP contribution in [0.4, 0.5) is 5.69 Å². The number of nitrogens with zero attached hydrogens (tertiary/aromatic N) is 1. The maximum atomic E-state index is 13.0. The SMILES string of the molecule is CCc1cccc(N2C(=O)c3ccccc3C2C(=O)NCCOC)c1. The summed E-state index contributed by atoms with van der Waals surface area (Å²) in [7, 11) is 1.59. The number of rotatable bonds is 6. The highest BCUT2D eigenvalue weighted by molar-refractivity contribution is 6.15. The van der Waals surface area contributed by atoms with Crippen LogP contribution in [0.2, 0.25) is 0 Å². The maximum Gasteiger partial charge on any atom is 0.259 e. The number of carbonyl (C=O) groups is 2. The fraction of sp³-hybridized carbons (Fsp3) is 0.300. The van der Waals surface area contributed by atoms with Crippen LogP contribution in [-0.4, -0.2) is 32.1 Å². The van der Waals surface area contributed by atoms with E-state index in [1.165, 1.54) is 0 Å². The first-order valence-corrected chi connectivity index (χ1v) is 8.45. The Hall–Kier alpha value is -2.66. The summed E-state index contributed by atoms with van der Waals surface area (Å²) in [6.45, 7) is 2.90. The highest BCUT2D eigenvalue weighted by atomic mass is 16.5. The van der Waals surface area contributed by atoms with E-state index in [0.717, 1.165) is 23.2 Å². The molecule has 0 spiro atoms. The predicted octanol–water partition coefficient (Wildman–Crippen LogP) is 2.71. The van der Waals surface area contributed by atoms with Crippen molar-refractivity contribution in [1.82, 2.24) is 5.32 Å². The van der Waals surface area contributed by atoms with Crippen molar-refractivity contribution < 1.29 is 14.3 Å². The quantitative estimate of drug-likeness (QED) is 0.824. The van der Waals surface area contributed by atoms with Gasteiger partial charge in [0.05, 0.1) is 6.61 Å². The first kappa shape index (κ1) is 17.2. The molecule has 0 saturated carbocycles. The van der Waals surface area contributed by atoms with Crippen LogP contribution in [0.3, 0.4) is 0 Å². The van der Waals surface area contributed by atoms with Gasteiger partial charge in [0, 0.05) is 24.9 Å². The first-order chi connectivity index (χ1) is 12.2. The maximum absolute atomic E-state index is 13.0. The Labute approximate surface area is 147 Å². The molecule has 0 aliphatic carbocycles. The molecule has 0 aromatic heterocycles. The number of nitrogens with one attached hydrogen (secondary N) is 1. The van der Waals surface area contributed by atoms with E-state index in [-0.39, 0.29) is 11.8 Å². The third kappa shape index (κ3) is 3.28. The van der Waals surface area contributed by atoms with E-state index >= 15 is 0 Å². The first-order valence-electron chi connectivity index (χ1n) is 8.45. The molecule has 1 N–H and O–H groups in total. The van der Waals surface area contributed by atoms with Gasteiger partial charge >= 0.3 is 0 Å². The van der Waals surface area contributed by atoms with Gasteiger partial charge in [-0.2, -0.15) is 0 Å². The second-order valence-corrected chi connectivity index (χ2v) is 5.97. The molecular formula is C20H22N2O3. The molecule has 0 radical (unpaired) electrons. The van der Waals surface area contributed by atoms with Crippen LogP contribution in [0.1, 0.15) is 34.5 Å². The van der Waals surface area contributed by atoms with E-state index < -0.39 is 6.04 Å². The van der Waals surface area contributed by atoms with E-state index in [4.69, 9.17) is 4.74 Å². The van der Waals surface area contributed by atoms with Crippen LogP contribution in [-0.2, 0) is 16.0 Å². The molecule has 1 unspecified atom stereocenters. The molecule has 130 valence electrons. The predicted molar refractivity (Wildman–Crippen MR) is 96.7 cm³/mol. The van der Waals surface area contributed by atoms with E-state index in [1.54, 1.807) is 18.1 Å². The molecule has 1 aliphatic heterocycles. The van der Waals surface area contributed by atoms with E-state index in [2.05, 4.69) is 12.2 Å². The van der Waals surface area contributed by atoms with Gasteiger partial charge in [0.1, 0.15) is 6.04 Å². The summed E-state index contributed by atoms with van der Waals surface area (Å²) in [4.78, 5) is 27.4. The van der Waals surface area contributed by atoms with Gasteiger partial charge in [-0.15, -0.1) is 0 Å². The van der Waals surface area contributed by atoms with Crippen molar-refractivity contribution in [3.63, 3.8) is 0 Å². The standard InChI is InChI=1S/C20H22N2O3/c1-3-14-7-6-8-15(13-14)22-18(19(23)21-11-12-25-2)16-9-4-5-10-17(16)20(22)24/h4-10,13,18H,3,11-12H2,1-2H3,(H,21,23). The number of aryl methyl sites for hydroxylation is 1. The van der Waals surface area contributed by atoms with Crippen molar-refractivity contribution in [2.45, 2.75) is 19.4 Å². The topological polar surface area (TPSA) is 58.6 Å². The summed E-state index contributed by atoms with van der Waals surface area (Å²) in [5, 5.41) is 2.86. The number of carbonyl (C=O) groups excluding carboxylic acids is 2. The second kappa shape index (κ2) is 7.49. The molecule has 0 saturated heterocycles. The molecule has 1 atom stereocenters. The summed E-state index contributed by atoms with van der Waals surface area (Å²) >= 11 is 0. The largest absolute Gasteiger partial charge is 0.383 e. The molecule has 2 aromatic carbocycles. The third-order valence-corrected chi connectivity index (χ3v) is 4.41. The van der Waals surface area contributed by atoms with E-state index in [9.17, 15) is 9.59 Å². The third-order valence-electron chi connectivity index (χ3n) is 4.41. The van der Waals surface area contributed by atoms with E-state index in [1.807, 2.05) is 42.5 Å². The Morgan fingerprint density at radius 2 is 2.00 bits per heavy atom. The minimum absolute atomic E-state index is 0.143. The number of hydrogen-bond acceptors (Lipinski definition) is 3. The van der Waals surface area contributed by atoms with Crippen molar-refractivity contribution >= 4 is 17.5 Å². The number of methoxy groups -OCH3 is 1. The monoisotopic (exact) mass is 338 g/mol. The Morgan fingerprint density at radius 1 is 1.20 bits per heavy atom. The molecule has 5 nitrogen and oxygen atoms in total. The number of anilines is 1. The zero-order valence-corrected chi connectivity index (χ0v) is 14.5. The van der Waals surface area contributed by atoms with Crippen LogP contribution in [0.15, 0.2) is 48.5 Å². The Morgan fingerprint density at radius 3 is 2.76 bits per heavy atom. The number of ether oxygens (including phenoxy) is 1. The minimum atomic E-state index is -0.660. The zero-order chi connectivity index (χ0) is 17.8. The molecule has 2 amide bonds. The molecule has 5 heteroatoms. The fourth-order valence-corrected chi connectivity index (χ4v) is 3.14. The van der Waals surface area contributed by atoms with Gasteiger partial charge in [-0.05, 0) is 35.7 Å². The van der Waals surface area contributed by atoms with Gasteiger partial charge in [-0.3, -0.25) is 14.5 Å². The van der Waals surface area contributed by atoms with Gasteiger partial charge in [0.2, 0.25) is 5.91 Å². The summed E-state index contributed by atoms with van der Waals surface area (Å²) in [5.41, 5.74) is 3.19. The summed E-state index contributed by atoms with van der Waals surface area (Å²) in [6, 6.07) is 14.4. The molecule has 0 bridgehead atoms. The molecule has 2 aromatic rings. The van der Waals surface area contributed by atoms with Gasteiger partial charge in [0.15, 0.2) is 0 Å². The van der Waals surface area contributed by atoms with E-state index in [0.29, 0.717) is 18.7 Å². The van der Waals surface area contributed by atoms with Crippen LogP contribution in [0.25, 0.3) is 0 Å².